The fraction of sp³-hybridized carbons (Fsp3) is 0.222. The Labute approximate surface area is 91.6 Å². The zero-order valence-corrected chi connectivity index (χ0v) is 9.12. The molecular formula is C9H7Cl3O. The Kier molecular flexibility index (Phi) is 3.60. The number of ketones is 1. The number of hydrogen-bond acceptors (Lipinski definition) is 1. The molecule has 0 aliphatic carbocycles. The summed E-state index contributed by atoms with van der Waals surface area (Å²) in [6, 6.07) is 5.05. The van der Waals surface area contributed by atoms with E-state index in [0.29, 0.717) is 15.6 Å². The third-order valence-corrected chi connectivity index (χ3v) is 2.99. The van der Waals surface area contributed by atoms with Crippen LogP contribution in [-0.4, -0.2) is 5.78 Å². The second-order valence-corrected chi connectivity index (χ2v) is 3.84. The third kappa shape index (κ3) is 2.37. The van der Waals surface area contributed by atoms with Gasteiger partial charge in [-0.25, -0.2) is 0 Å². The highest BCUT2D eigenvalue weighted by atomic mass is 35.5. The van der Waals surface area contributed by atoms with E-state index < -0.39 is 5.38 Å². The summed E-state index contributed by atoms with van der Waals surface area (Å²) in [6.07, 6.45) is 0. The van der Waals surface area contributed by atoms with E-state index in [-0.39, 0.29) is 5.78 Å². The Morgan fingerprint density at radius 3 is 2.54 bits per heavy atom. The number of rotatable bonds is 2. The van der Waals surface area contributed by atoms with E-state index in [1.54, 1.807) is 18.2 Å². The zero-order valence-electron chi connectivity index (χ0n) is 6.85. The van der Waals surface area contributed by atoms with Crippen molar-refractivity contribution in [3.8, 4) is 0 Å². The van der Waals surface area contributed by atoms with Crippen LogP contribution in [0.25, 0.3) is 0 Å². The molecule has 0 radical (unpaired) electrons. The summed E-state index contributed by atoms with van der Waals surface area (Å²) in [5.74, 6) is -0.147. The van der Waals surface area contributed by atoms with Gasteiger partial charge in [-0.05, 0) is 18.6 Å². The molecule has 0 N–H and O–H groups in total. The fourth-order valence-corrected chi connectivity index (χ4v) is 1.59. The van der Waals surface area contributed by atoms with Gasteiger partial charge in [0.1, 0.15) is 5.38 Å². The van der Waals surface area contributed by atoms with Crippen LogP contribution in [0.2, 0.25) is 10.0 Å². The van der Waals surface area contributed by atoms with Gasteiger partial charge < -0.3 is 0 Å². The van der Waals surface area contributed by atoms with E-state index in [9.17, 15) is 4.79 Å². The fourth-order valence-electron chi connectivity index (χ4n) is 0.935. The number of carbonyl (C=O) groups excluding carboxylic acids is 1. The van der Waals surface area contributed by atoms with Crippen LogP contribution in [0.15, 0.2) is 18.2 Å². The van der Waals surface area contributed by atoms with Gasteiger partial charge in [0.2, 0.25) is 0 Å². The molecule has 0 spiro atoms. The number of alkyl halides is 1. The minimum atomic E-state index is -0.716. The molecule has 1 rings (SSSR count). The summed E-state index contributed by atoms with van der Waals surface area (Å²) in [5, 5.41) is 0.0385. The van der Waals surface area contributed by atoms with E-state index in [1.165, 1.54) is 6.92 Å². The first kappa shape index (κ1) is 10.8. The predicted octanol–water partition coefficient (Wildman–Crippen LogP) is 3.86. The number of benzene rings is 1. The lowest BCUT2D eigenvalue weighted by Gasteiger charge is -2.08. The van der Waals surface area contributed by atoms with Crippen molar-refractivity contribution in [1.29, 1.82) is 0 Å². The van der Waals surface area contributed by atoms with Crippen molar-refractivity contribution in [1.82, 2.24) is 0 Å². The van der Waals surface area contributed by atoms with Crippen LogP contribution < -0.4 is 0 Å². The van der Waals surface area contributed by atoms with Crippen LogP contribution in [0.4, 0.5) is 0 Å². The van der Waals surface area contributed by atoms with Gasteiger partial charge in [-0.3, -0.25) is 4.79 Å². The van der Waals surface area contributed by atoms with Crippen LogP contribution in [-0.2, 0) is 4.79 Å². The average molecular weight is 238 g/mol. The Hall–Kier alpha value is -0.240. The van der Waals surface area contributed by atoms with Crippen molar-refractivity contribution < 1.29 is 4.79 Å². The van der Waals surface area contributed by atoms with Crippen molar-refractivity contribution in [3.63, 3.8) is 0 Å². The predicted molar refractivity (Wildman–Crippen MR) is 55.7 cm³/mol. The minimum absolute atomic E-state index is 0.147. The molecule has 0 saturated heterocycles. The van der Waals surface area contributed by atoms with E-state index in [1.807, 2.05) is 0 Å². The van der Waals surface area contributed by atoms with Gasteiger partial charge in [0, 0.05) is 0 Å². The zero-order chi connectivity index (χ0) is 10.0. The Morgan fingerprint density at radius 1 is 1.38 bits per heavy atom. The highest BCUT2D eigenvalue weighted by Gasteiger charge is 2.17. The summed E-state index contributed by atoms with van der Waals surface area (Å²) in [4.78, 5) is 11.0. The molecule has 0 aliphatic heterocycles. The van der Waals surface area contributed by atoms with Gasteiger partial charge >= 0.3 is 0 Å². The van der Waals surface area contributed by atoms with Crippen molar-refractivity contribution >= 4 is 40.6 Å². The third-order valence-electron chi connectivity index (χ3n) is 1.61. The van der Waals surface area contributed by atoms with Crippen molar-refractivity contribution in [3.05, 3.63) is 33.8 Å². The molecule has 0 heterocycles. The first-order valence-corrected chi connectivity index (χ1v) is 4.81. The molecule has 1 atom stereocenters. The first-order valence-electron chi connectivity index (χ1n) is 3.62. The first-order chi connectivity index (χ1) is 6.04. The van der Waals surface area contributed by atoms with E-state index in [4.69, 9.17) is 34.8 Å². The van der Waals surface area contributed by atoms with Crippen LogP contribution in [0, 0.1) is 0 Å². The highest BCUT2D eigenvalue weighted by molar-refractivity contribution is 6.43. The quantitative estimate of drug-likeness (QED) is 0.714. The molecule has 1 nitrogen and oxygen atoms in total. The number of hydrogen-bond donors (Lipinski definition) is 0. The van der Waals surface area contributed by atoms with Crippen LogP contribution >= 0.6 is 34.8 Å². The number of halogens is 3. The molecular weight excluding hydrogens is 230 g/mol. The molecule has 0 amide bonds. The van der Waals surface area contributed by atoms with Crippen molar-refractivity contribution in [2.45, 2.75) is 12.3 Å². The lowest BCUT2D eigenvalue weighted by atomic mass is 10.1. The Balaban J connectivity index is 3.15. The molecule has 1 aromatic carbocycles. The second kappa shape index (κ2) is 4.32. The second-order valence-electron chi connectivity index (χ2n) is 2.62. The average Bonchev–Trinajstić information content (AvgIpc) is 2.08. The highest BCUT2D eigenvalue weighted by Crippen LogP contribution is 2.33. The summed E-state index contributed by atoms with van der Waals surface area (Å²) in [5.41, 5.74) is 0.559. The molecule has 70 valence electrons. The molecule has 0 aromatic heterocycles. The van der Waals surface area contributed by atoms with E-state index in [2.05, 4.69) is 0 Å². The van der Waals surface area contributed by atoms with Gasteiger partial charge in [-0.15, -0.1) is 11.6 Å². The van der Waals surface area contributed by atoms with Gasteiger partial charge in [-0.2, -0.15) is 0 Å². The molecule has 0 bridgehead atoms. The van der Waals surface area contributed by atoms with E-state index >= 15 is 0 Å². The Bertz CT molecular complexity index is 336. The molecule has 0 aliphatic rings. The van der Waals surface area contributed by atoms with Crippen molar-refractivity contribution in [2.75, 3.05) is 0 Å². The summed E-state index contributed by atoms with van der Waals surface area (Å²) in [7, 11) is 0. The minimum Gasteiger partial charge on any atom is -0.298 e. The normalized spacial score (nSPS) is 12.6. The van der Waals surface area contributed by atoms with Crippen LogP contribution in [0.3, 0.4) is 0 Å². The van der Waals surface area contributed by atoms with Gasteiger partial charge in [-0.1, -0.05) is 35.3 Å². The maximum Gasteiger partial charge on any atom is 0.152 e. The van der Waals surface area contributed by atoms with Gasteiger partial charge in [0.15, 0.2) is 5.78 Å². The largest absolute Gasteiger partial charge is 0.298 e. The van der Waals surface area contributed by atoms with Gasteiger partial charge in [0.25, 0.3) is 0 Å². The lowest BCUT2D eigenvalue weighted by molar-refractivity contribution is -0.116. The molecule has 0 fully saturated rings. The smallest absolute Gasteiger partial charge is 0.152 e. The summed E-state index contributed by atoms with van der Waals surface area (Å²) < 4.78 is 0. The molecule has 1 unspecified atom stereocenters. The molecule has 0 saturated carbocycles. The Morgan fingerprint density at radius 2 is 2.00 bits per heavy atom. The molecule has 4 heteroatoms. The summed E-state index contributed by atoms with van der Waals surface area (Å²) >= 11 is 17.4. The maximum atomic E-state index is 11.0. The maximum absolute atomic E-state index is 11.0. The number of Topliss-reactive ketones (excluding diaryl/α,β-unsaturated/α-hetero) is 1. The number of carbonyl (C=O) groups is 1. The molecule has 1 aromatic rings. The summed E-state index contributed by atoms with van der Waals surface area (Å²) in [6.45, 7) is 1.41. The SMILES string of the molecule is CC(=O)C(Cl)c1cccc(Cl)c1Cl. The van der Waals surface area contributed by atoms with Crippen LogP contribution in [0.5, 0.6) is 0 Å². The standard InChI is InChI=1S/C9H7Cl3O/c1-5(13)8(11)6-3-2-4-7(10)9(6)12/h2-4,8H,1H3. The molecule has 13 heavy (non-hydrogen) atoms. The topological polar surface area (TPSA) is 17.1 Å². The monoisotopic (exact) mass is 236 g/mol. The van der Waals surface area contributed by atoms with Crippen molar-refractivity contribution in [2.24, 2.45) is 0 Å². The lowest BCUT2D eigenvalue weighted by Crippen LogP contribution is -2.02. The van der Waals surface area contributed by atoms with Crippen LogP contribution in [0.1, 0.15) is 17.9 Å². The van der Waals surface area contributed by atoms with Gasteiger partial charge in [0.05, 0.1) is 10.0 Å². The van der Waals surface area contributed by atoms with E-state index in [0.717, 1.165) is 0 Å².